The maximum Gasteiger partial charge on any atom is 0.333 e. The highest BCUT2D eigenvalue weighted by Gasteiger charge is 2.31. The molecule has 0 saturated carbocycles. The number of cyclic esters (lactones) is 1. The molecule has 0 aromatic rings. The van der Waals surface area contributed by atoms with Gasteiger partial charge in [0.25, 0.3) is 0 Å². The lowest BCUT2D eigenvalue weighted by molar-refractivity contribution is -0.135. The van der Waals surface area contributed by atoms with Crippen molar-refractivity contribution >= 4 is 5.97 Å². The highest BCUT2D eigenvalue weighted by atomic mass is 16.5. The predicted molar refractivity (Wildman–Crippen MR) is 49.0 cm³/mol. The number of hydrogen-bond donors (Lipinski definition) is 0. The summed E-state index contributed by atoms with van der Waals surface area (Å²) < 4.78 is 4.90. The number of ether oxygens (including phenoxy) is 1. The maximum absolute atomic E-state index is 10.9. The van der Waals surface area contributed by atoms with E-state index in [0.29, 0.717) is 18.7 Å². The lowest BCUT2D eigenvalue weighted by Gasteiger charge is -2.28. The second-order valence-electron chi connectivity index (χ2n) is 3.93. The molecule has 13 heavy (non-hydrogen) atoms. The van der Waals surface area contributed by atoms with Gasteiger partial charge in [0.05, 0.1) is 5.70 Å². The van der Waals surface area contributed by atoms with Crippen molar-refractivity contribution in [2.24, 2.45) is 0 Å². The molecule has 3 heteroatoms. The van der Waals surface area contributed by atoms with Gasteiger partial charge in [0, 0.05) is 18.2 Å². The zero-order valence-electron chi connectivity index (χ0n) is 8.12. The monoisotopic (exact) mass is 181 g/mol. The summed E-state index contributed by atoms with van der Waals surface area (Å²) in [7, 11) is 0. The SMILES string of the molecule is C[C@@H]1CC[C@@H](C)N1C1=CC(=O)OC1. The molecule has 0 amide bonds. The van der Waals surface area contributed by atoms with Gasteiger partial charge in [-0.2, -0.15) is 0 Å². The Morgan fingerprint density at radius 1 is 1.38 bits per heavy atom. The largest absolute Gasteiger partial charge is 0.456 e. The van der Waals surface area contributed by atoms with Gasteiger partial charge < -0.3 is 9.64 Å². The van der Waals surface area contributed by atoms with Crippen LogP contribution in [0.2, 0.25) is 0 Å². The predicted octanol–water partition coefficient (Wildman–Crippen LogP) is 1.30. The fourth-order valence-corrected chi connectivity index (χ4v) is 2.27. The smallest absolute Gasteiger partial charge is 0.333 e. The van der Waals surface area contributed by atoms with E-state index in [1.54, 1.807) is 6.08 Å². The summed E-state index contributed by atoms with van der Waals surface area (Å²) in [6, 6.07) is 1.10. The van der Waals surface area contributed by atoms with Crippen molar-refractivity contribution in [3.05, 3.63) is 11.8 Å². The van der Waals surface area contributed by atoms with E-state index in [2.05, 4.69) is 18.7 Å². The Hall–Kier alpha value is -0.990. The second kappa shape index (κ2) is 3.05. The van der Waals surface area contributed by atoms with Crippen LogP contribution in [0.25, 0.3) is 0 Å². The zero-order chi connectivity index (χ0) is 9.42. The van der Waals surface area contributed by atoms with Gasteiger partial charge in [-0.3, -0.25) is 0 Å². The van der Waals surface area contributed by atoms with Crippen molar-refractivity contribution < 1.29 is 9.53 Å². The van der Waals surface area contributed by atoms with Crippen LogP contribution in [0, 0.1) is 0 Å². The Kier molecular flexibility index (Phi) is 2.02. The molecule has 0 N–H and O–H groups in total. The van der Waals surface area contributed by atoms with Gasteiger partial charge in [0.2, 0.25) is 0 Å². The van der Waals surface area contributed by atoms with Gasteiger partial charge in [-0.15, -0.1) is 0 Å². The molecule has 72 valence electrons. The van der Waals surface area contributed by atoms with Gasteiger partial charge in [-0.05, 0) is 26.7 Å². The molecule has 2 atom stereocenters. The Morgan fingerprint density at radius 2 is 2.00 bits per heavy atom. The molecular weight excluding hydrogens is 166 g/mol. The minimum Gasteiger partial charge on any atom is -0.456 e. The number of rotatable bonds is 1. The molecule has 2 aliphatic rings. The van der Waals surface area contributed by atoms with Gasteiger partial charge in [-0.1, -0.05) is 0 Å². The second-order valence-corrected chi connectivity index (χ2v) is 3.93. The molecule has 0 aliphatic carbocycles. The summed E-state index contributed by atoms with van der Waals surface area (Å²) in [4.78, 5) is 13.2. The first kappa shape index (κ1) is 8.60. The zero-order valence-corrected chi connectivity index (χ0v) is 8.12. The lowest BCUT2D eigenvalue weighted by Crippen LogP contribution is -2.32. The van der Waals surface area contributed by atoms with Crippen LogP contribution < -0.4 is 0 Å². The number of carbonyl (C=O) groups is 1. The Labute approximate surface area is 78.4 Å². The van der Waals surface area contributed by atoms with Crippen LogP contribution in [0.15, 0.2) is 11.8 Å². The van der Waals surface area contributed by atoms with Crippen molar-refractivity contribution in [2.75, 3.05) is 6.61 Å². The van der Waals surface area contributed by atoms with Gasteiger partial charge in [0.15, 0.2) is 0 Å². The van der Waals surface area contributed by atoms with Crippen molar-refractivity contribution in [1.82, 2.24) is 4.90 Å². The van der Waals surface area contributed by atoms with E-state index in [1.165, 1.54) is 12.8 Å². The van der Waals surface area contributed by atoms with Crippen LogP contribution in [0.5, 0.6) is 0 Å². The molecule has 3 nitrogen and oxygen atoms in total. The molecule has 0 unspecified atom stereocenters. The molecule has 0 aromatic carbocycles. The van der Waals surface area contributed by atoms with E-state index in [-0.39, 0.29) is 5.97 Å². The average Bonchev–Trinajstić information content (AvgIpc) is 2.60. The number of carbonyl (C=O) groups excluding carboxylic acids is 1. The third-order valence-electron chi connectivity index (χ3n) is 2.93. The minimum absolute atomic E-state index is 0.193. The topological polar surface area (TPSA) is 29.5 Å². The summed E-state index contributed by atoms with van der Waals surface area (Å²) in [5.41, 5.74) is 1.06. The van der Waals surface area contributed by atoms with Crippen molar-refractivity contribution in [1.29, 1.82) is 0 Å². The standard InChI is InChI=1S/C10H15NO2/c1-7-3-4-8(2)11(7)9-5-10(12)13-6-9/h5,7-8H,3-4,6H2,1-2H3/t7-,8-/m1/s1. The number of likely N-dealkylation sites (tertiary alicyclic amines) is 1. The molecule has 1 saturated heterocycles. The number of esters is 1. The molecule has 0 aromatic heterocycles. The fourth-order valence-electron chi connectivity index (χ4n) is 2.27. The molecule has 1 fully saturated rings. The van der Waals surface area contributed by atoms with Crippen LogP contribution in [0.4, 0.5) is 0 Å². The van der Waals surface area contributed by atoms with Gasteiger partial charge >= 0.3 is 5.97 Å². The first-order valence-electron chi connectivity index (χ1n) is 4.84. The Bertz CT molecular complexity index is 250. The average molecular weight is 181 g/mol. The van der Waals surface area contributed by atoms with Gasteiger partial charge in [0.1, 0.15) is 6.61 Å². The summed E-state index contributed by atoms with van der Waals surface area (Å²) >= 11 is 0. The quantitative estimate of drug-likeness (QED) is 0.571. The van der Waals surface area contributed by atoms with E-state index in [4.69, 9.17) is 4.74 Å². The third kappa shape index (κ3) is 1.43. The molecule has 2 aliphatic heterocycles. The maximum atomic E-state index is 10.9. The lowest BCUT2D eigenvalue weighted by atomic mass is 10.2. The fraction of sp³-hybridized carbons (Fsp3) is 0.700. The molecule has 2 rings (SSSR count). The molecule has 0 spiro atoms. The first-order valence-corrected chi connectivity index (χ1v) is 4.84. The van der Waals surface area contributed by atoms with E-state index in [1.807, 2.05) is 0 Å². The Balaban J connectivity index is 2.15. The normalized spacial score (nSPS) is 33.5. The number of nitrogens with zero attached hydrogens (tertiary/aromatic N) is 1. The van der Waals surface area contributed by atoms with E-state index in [0.717, 1.165) is 5.70 Å². The van der Waals surface area contributed by atoms with Crippen LogP contribution in [-0.4, -0.2) is 29.6 Å². The highest BCUT2D eigenvalue weighted by Crippen LogP contribution is 2.29. The van der Waals surface area contributed by atoms with E-state index >= 15 is 0 Å². The molecule has 2 heterocycles. The van der Waals surface area contributed by atoms with E-state index < -0.39 is 0 Å². The van der Waals surface area contributed by atoms with Crippen molar-refractivity contribution in [3.63, 3.8) is 0 Å². The van der Waals surface area contributed by atoms with Gasteiger partial charge in [-0.25, -0.2) is 4.79 Å². The highest BCUT2D eigenvalue weighted by molar-refractivity contribution is 5.85. The summed E-state index contributed by atoms with van der Waals surface area (Å²) in [5, 5.41) is 0. The van der Waals surface area contributed by atoms with Crippen LogP contribution >= 0.6 is 0 Å². The number of hydrogen-bond acceptors (Lipinski definition) is 3. The minimum atomic E-state index is -0.193. The molecule has 0 radical (unpaired) electrons. The van der Waals surface area contributed by atoms with Crippen LogP contribution in [-0.2, 0) is 9.53 Å². The van der Waals surface area contributed by atoms with Crippen molar-refractivity contribution in [3.8, 4) is 0 Å². The third-order valence-corrected chi connectivity index (χ3v) is 2.93. The summed E-state index contributed by atoms with van der Waals surface area (Å²) in [5.74, 6) is -0.193. The van der Waals surface area contributed by atoms with Crippen LogP contribution in [0.3, 0.4) is 0 Å². The molecule has 0 bridgehead atoms. The van der Waals surface area contributed by atoms with E-state index in [9.17, 15) is 4.79 Å². The first-order chi connectivity index (χ1) is 6.18. The Morgan fingerprint density at radius 3 is 2.46 bits per heavy atom. The summed E-state index contributed by atoms with van der Waals surface area (Å²) in [6.45, 7) is 4.87. The van der Waals surface area contributed by atoms with Crippen molar-refractivity contribution in [2.45, 2.75) is 38.8 Å². The molecular formula is C10H15NO2. The van der Waals surface area contributed by atoms with Crippen LogP contribution in [0.1, 0.15) is 26.7 Å². The summed E-state index contributed by atoms with van der Waals surface area (Å²) in [6.07, 6.45) is 4.05.